The minimum Gasteiger partial charge on any atom is -0.381 e. The molecule has 1 aliphatic rings. The summed E-state index contributed by atoms with van der Waals surface area (Å²) in [7, 11) is 1.79. The predicted octanol–water partition coefficient (Wildman–Crippen LogP) is 3.51. The van der Waals surface area contributed by atoms with Gasteiger partial charge in [0.05, 0.1) is 6.10 Å². The van der Waals surface area contributed by atoms with Crippen molar-refractivity contribution in [3.8, 4) is 0 Å². The van der Waals surface area contributed by atoms with E-state index < -0.39 is 0 Å². The van der Waals surface area contributed by atoms with Crippen molar-refractivity contribution in [2.24, 2.45) is 5.41 Å². The van der Waals surface area contributed by atoms with E-state index in [1.165, 1.54) is 0 Å². The summed E-state index contributed by atoms with van der Waals surface area (Å²) in [5.74, 6) is 1.61. The van der Waals surface area contributed by atoms with Gasteiger partial charge >= 0.3 is 0 Å². The molecule has 0 bridgehead atoms. The molecular weight excluding hydrogens is 286 g/mol. The predicted molar refractivity (Wildman–Crippen MR) is 84.9 cm³/mol. The van der Waals surface area contributed by atoms with E-state index in [1.54, 1.807) is 7.11 Å². The highest BCUT2D eigenvalue weighted by molar-refractivity contribution is 6.17. The second-order valence-corrected chi connectivity index (χ2v) is 6.87. The summed E-state index contributed by atoms with van der Waals surface area (Å²) in [6.07, 6.45) is 3.96. The molecule has 0 saturated heterocycles. The van der Waals surface area contributed by atoms with Crippen LogP contribution >= 0.6 is 11.6 Å². The van der Waals surface area contributed by atoms with E-state index in [0.29, 0.717) is 11.9 Å². The average Bonchev–Trinajstić information content (AvgIpc) is 2.76. The first-order valence-corrected chi connectivity index (χ1v) is 7.94. The van der Waals surface area contributed by atoms with E-state index in [9.17, 15) is 0 Å². The Labute approximate surface area is 130 Å². The molecule has 0 amide bonds. The Balaban J connectivity index is 2.10. The maximum absolute atomic E-state index is 5.96. The number of pyridine rings is 1. The van der Waals surface area contributed by atoms with E-state index >= 15 is 0 Å². The second-order valence-electron chi connectivity index (χ2n) is 6.49. The fourth-order valence-corrected chi connectivity index (χ4v) is 3.59. The molecule has 0 N–H and O–H groups in total. The molecule has 1 fully saturated rings. The fraction of sp³-hybridized carbons (Fsp3) is 0.625. The van der Waals surface area contributed by atoms with Crippen molar-refractivity contribution >= 4 is 22.8 Å². The van der Waals surface area contributed by atoms with Gasteiger partial charge in [0.25, 0.3) is 0 Å². The lowest BCUT2D eigenvalue weighted by molar-refractivity contribution is -0.112. The number of hydrogen-bond acceptors (Lipinski definition) is 3. The molecule has 2 atom stereocenters. The van der Waals surface area contributed by atoms with Gasteiger partial charge < -0.3 is 9.30 Å². The van der Waals surface area contributed by atoms with E-state index in [2.05, 4.69) is 29.5 Å². The molecule has 1 saturated carbocycles. The number of aryl methyl sites for hydroxylation is 2. The minimum atomic E-state index is 0.0794. The number of methoxy groups -OCH3 is 1. The van der Waals surface area contributed by atoms with Crippen LogP contribution in [0, 0.1) is 12.3 Å². The average molecular weight is 308 g/mol. The van der Waals surface area contributed by atoms with E-state index in [-0.39, 0.29) is 11.5 Å². The van der Waals surface area contributed by atoms with Gasteiger partial charge in [-0.15, -0.1) is 11.6 Å². The molecule has 2 heterocycles. The van der Waals surface area contributed by atoms with Crippen molar-refractivity contribution in [1.82, 2.24) is 14.5 Å². The lowest BCUT2D eigenvalue weighted by atomic mass is 9.64. The van der Waals surface area contributed by atoms with Crippen LogP contribution in [0.2, 0.25) is 0 Å². The molecule has 4 nitrogen and oxygen atoms in total. The Bertz CT molecular complexity index is 665. The topological polar surface area (TPSA) is 39.9 Å². The summed E-state index contributed by atoms with van der Waals surface area (Å²) in [5.41, 5.74) is 3.14. The summed E-state index contributed by atoms with van der Waals surface area (Å²) < 4.78 is 7.86. The van der Waals surface area contributed by atoms with Gasteiger partial charge in [-0.25, -0.2) is 9.97 Å². The van der Waals surface area contributed by atoms with Gasteiger partial charge in [0.15, 0.2) is 5.65 Å². The lowest BCUT2D eigenvalue weighted by Gasteiger charge is -2.51. The Morgan fingerprint density at radius 2 is 2.24 bits per heavy atom. The van der Waals surface area contributed by atoms with Crippen LogP contribution in [0.4, 0.5) is 0 Å². The second kappa shape index (κ2) is 5.25. The number of rotatable bonds is 4. The van der Waals surface area contributed by atoms with Crippen LogP contribution < -0.4 is 0 Å². The fourth-order valence-electron chi connectivity index (χ4n) is 3.42. The number of ether oxygens (including phenoxy) is 1. The largest absolute Gasteiger partial charge is 0.381 e. The summed E-state index contributed by atoms with van der Waals surface area (Å²) in [6.45, 7) is 6.54. The molecule has 5 heteroatoms. The smallest absolute Gasteiger partial charge is 0.160 e. The highest BCUT2D eigenvalue weighted by Gasteiger charge is 2.50. The standard InChI is InChI=1S/C16H22ClN3O/c1-10-7-11-15(18-9-10)20(14(19-11)5-6-17)12-8-13(21-4)16(12,2)3/h7,9,12-13H,5-6,8H2,1-4H3. The van der Waals surface area contributed by atoms with Crippen LogP contribution in [-0.2, 0) is 11.2 Å². The van der Waals surface area contributed by atoms with Crippen molar-refractivity contribution < 1.29 is 4.74 Å². The SMILES string of the molecule is COC1CC(n2c(CCCl)nc3cc(C)cnc32)C1(C)C. The zero-order valence-electron chi connectivity index (χ0n) is 13.1. The molecule has 2 aromatic rings. The van der Waals surface area contributed by atoms with Crippen molar-refractivity contribution in [3.05, 3.63) is 23.7 Å². The van der Waals surface area contributed by atoms with Crippen LogP contribution in [0.25, 0.3) is 11.2 Å². The van der Waals surface area contributed by atoms with Gasteiger partial charge in [0.2, 0.25) is 0 Å². The van der Waals surface area contributed by atoms with E-state index in [1.807, 2.05) is 13.1 Å². The first-order chi connectivity index (χ1) is 9.98. The number of nitrogens with zero attached hydrogens (tertiary/aromatic N) is 3. The van der Waals surface area contributed by atoms with Crippen molar-refractivity contribution in [3.63, 3.8) is 0 Å². The first kappa shape index (κ1) is 14.8. The number of fused-ring (bicyclic) bond motifs is 1. The molecule has 2 aromatic heterocycles. The highest BCUT2D eigenvalue weighted by Crippen LogP contribution is 2.52. The Hall–Kier alpha value is -1.13. The Morgan fingerprint density at radius 3 is 2.86 bits per heavy atom. The molecule has 0 aliphatic heterocycles. The first-order valence-electron chi connectivity index (χ1n) is 7.41. The van der Waals surface area contributed by atoms with E-state index in [0.717, 1.165) is 35.4 Å². The normalized spacial score (nSPS) is 24.2. The highest BCUT2D eigenvalue weighted by atomic mass is 35.5. The number of hydrogen-bond donors (Lipinski definition) is 0. The van der Waals surface area contributed by atoms with Gasteiger partial charge in [-0.2, -0.15) is 0 Å². The zero-order valence-corrected chi connectivity index (χ0v) is 13.8. The van der Waals surface area contributed by atoms with Crippen molar-refractivity contribution in [1.29, 1.82) is 0 Å². The Kier molecular flexibility index (Phi) is 3.70. The van der Waals surface area contributed by atoms with Crippen LogP contribution in [0.3, 0.4) is 0 Å². The number of halogens is 1. The molecule has 0 spiro atoms. The van der Waals surface area contributed by atoms with E-state index in [4.69, 9.17) is 21.3 Å². The number of imidazole rings is 1. The third-order valence-corrected chi connectivity index (χ3v) is 4.97. The summed E-state index contributed by atoms with van der Waals surface area (Å²) in [4.78, 5) is 9.38. The molecular formula is C16H22ClN3O. The molecule has 0 radical (unpaired) electrons. The molecule has 21 heavy (non-hydrogen) atoms. The molecule has 0 aromatic carbocycles. The lowest BCUT2D eigenvalue weighted by Crippen LogP contribution is -2.51. The van der Waals surface area contributed by atoms with Crippen LogP contribution in [0.1, 0.15) is 37.7 Å². The maximum Gasteiger partial charge on any atom is 0.160 e. The van der Waals surface area contributed by atoms with Crippen LogP contribution in [-0.4, -0.2) is 33.6 Å². The van der Waals surface area contributed by atoms with Gasteiger partial charge in [0.1, 0.15) is 11.3 Å². The third-order valence-electron chi connectivity index (χ3n) is 4.78. The van der Waals surface area contributed by atoms with Crippen LogP contribution in [0.15, 0.2) is 12.3 Å². The summed E-state index contributed by atoms with van der Waals surface area (Å²) >= 11 is 5.96. The monoisotopic (exact) mass is 307 g/mol. The molecule has 3 rings (SSSR count). The Morgan fingerprint density at radius 1 is 1.48 bits per heavy atom. The molecule has 114 valence electrons. The number of alkyl halides is 1. The minimum absolute atomic E-state index is 0.0794. The number of aromatic nitrogens is 3. The quantitative estimate of drug-likeness (QED) is 0.812. The third kappa shape index (κ3) is 2.25. The van der Waals surface area contributed by atoms with Gasteiger partial charge in [0, 0.05) is 37.1 Å². The maximum atomic E-state index is 5.96. The van der Waals surface area contributed by atoms with Gasteiger partial charge in [-0.3, -0.25) is 0 Å². The van der Waals surface area contributed by atoms with Gasteiger partial charge in [-0.1, -0.05) is 13.8 Å². The zero-order chi connectivity index (χ0) is 15.2. The summed E-state index contributed by atoms with van der Waals surface area (Å²) in [5, 5.41) is 0. The van der Waals surface area contributed by atoms with Crippen molar-refractivity contribution in [2.75, 3.05) is 13.0 Å². The van der Waals surface area contributed by atoms with Crippen LogP contribution in [0.5, 0.6) is 0 Å². The summed E-state index contributed by atoms with van der Waals surface area (Å²) in [6, 6.07) is 2.46. The molecule has 1 aliphatic carbocycles. The van der Waals surface area contributed by atoms with Crippen molar-refractivity contribution in [2.45, 2.75) is 45.8 Å². The molecule has 2 unspecified atom stereocenters. The van der Waals surface area contributed by atoms with Gasteiger partial charge in [-0.05, 0) is 25.0 Å².